The molecule has 0 aliphatic carbocycles. The summed E-state index contributed by atoms with van der Waals surface area (Å²) in [5.41, 5.74) is 1.81. The number of nitrogens with one attached hydrogen (secondary N) is 2. The molecule has 7 heteroatoms. The van der Waals surface area contributed by atoms with Crippen LogP contribution in [0.2, 0.25) is 0 Å². The van der Waals surface area contributed by atoms with Crippen LogP contribution >= 0.6 is 12.4 Å². The van der Waals surface area contributed by atoms with Crippen LogP contribution in [0.1, 0.15) is 31.7 Å². The molecular formula is C16H22ClN3O3. The number of imide groups is 1. The number of halogens is 1. The van der Waals surface area contributed by atoms with Gasteiger partial charge in [0.2, 0.25) is 17.7 Å². The molecule has 6 nitrogen and oxygen atoms in total. The van der Waals surface area contributed by atoms with Crippen LogP contribution in [0.25, 0.3) is 0 Å². The van der Waals surface area contributed by atoms with Gasteiger partial charge in [-0.3, -0.25) is 19.3 Å². The van der Waals surface area contributed by atoms with E-state index in [1.54, 1.807) is 0 Å². The van der Waals surface area contributed by atoms with E-state index in [4.69, 9.17) is 0 Å². The SMILES string of the molecule is CCNCc1cccc(NC(=O)CCN2C(=O)CCC2=O)c1.Cl. The summed E-state index contributed by atoms with van der Waals surface area (Å²) in [5.74, 6) is -0.580. The Morgan fingerprint density at radius 1 is 1.22 bits per heavy atom. The summed E-state index contributed by atoms with van der Waals surface area (Å²) in [5, 5.41) is 6.02. The summed E-state index contributed by atoms with van der Waals surface area (Å²) in [6.45, 7) is 3.82. The highest BCUT2D eigenvalue weighted by molar-refractivity contribution is 6.02. The van der Waals surface area contributed by atoms with E-state index in [1.807, 2.05) is 31.2 Å². The lowest BCUT2D eigenvalue weighted by molar-refractivity contribution is -0.138. The van der Waals surface area contributed by atoms with Gasteiger partial charge in [0.15, 0.2) is 0 Å². The fourth-order valence-corrected chi connectivity index (χ4v) is 2.34. The first kappa shape index (κ1) is 19.1. The van der Waals surface area contributed by atoms with Crippen molar-refractivity contribution in [2.24, 2.45) is 0 Å². The summed E-state index contributed by atoms with van der Waals surface area (Å²) in [6.07, 6.45) is 0.634. The number of anilines is 1. The van der Waals surface area contributed by atoms with Crippen LogP contribution in [-0.4, -0.2) is 35.7 Å². The highest BCUT2D eigenvalue weighted by atomic mass is 35.5. The van der Waals surface area contributed by atoms with E-state index in [-0.39, 0.29) is 55.9 Å². The Hall–Kier alpha value is -1.92. The molecule has 0 unspecified atom stereocenters. The van der Waals surface area contributed by atoms with Crippen LogP contribution in [0.4, 0.5) is 5.69 Å². The lowest BCUT2D eigenvalue weighted by Crippen LogP contribution is -2.32. The highest BCUT2D eigenvalue weighted by Crippen LogP contribution is 2.13. The number of nitrogens with zero attached hydrogens (tertiary/aromatic N) is 1. The number of hydrogen-bond acceptors (Lipinski definition) is 4. The molecule has 2 rings (SSSR count). The second kappa shape index (κ2) is 9.27. The molecule has 0 radical (unpaired) electrons. The summed E-state index contributed by atoms with van der Waals surface area (Å²) in [4.78, 5) is 36.0. The average molecular weight is 340 g/mol. The molecule has 1 heterocycles. The van der Waals surface area contributed by atoms with Crippen molar-refractivity contribution in [3.8, 4) is 0 Å². The number of rotatable bonds is 7. The van der Waals surface area contributed by atoms with E-state index in [0.29, 0.717) is 0 Å². The predicted octanol–water partition coefficient (Wildman–Crippen LogP) is 1.70. The molecule has 1 aliphatic rings. The minimum Gasteiger partial charge on any atom is -0.326 e. The third kappa shape index (κ3) is 5.65. The quantitative estimate of drug-likeness (QED) is 0.741. The minimum absolute atomic E-state index is 0. The maximum atomic E-state index is 11.9. The fourth-order valence-electron chi connectivity index (χ4n) is 2.34. The minimum atomic E-state index is -0.201. The van der Waals surface area contributed by atoms with Gasteiger partial charge in [-0.15, -0.1) is 12.4 Å². The summed E-state index contributed by atoms with van der Waals surface area (Å²) < 4.78 is 0. The predicted molar refractivity (Wildman–Crippen MR) is 90.3 cm³/mol. The van der Waals surface area contributed by atoms with Gasteiger partial charge in [0.05, 0.1) is 0 Å². The molecule has 23 heavy (non-hydrogen) atoms. The first-order valence-electron chi connectivity index (χ1n) is 7.53. The van der Waals surface area contributed by atoms with Gasteiger partial charge in [0.25, 0.3) is 0 Å². The van der Waals surface area contributed by atoms with Crippen molar-refractivity contribution in [3.05, 3.63) is 29.8 Å². The zero-order chi connectivity index (χ0) is 15.9. The van der Waals surface area contributed by atoms with Crippen molar-refractivity contribution in [1.29, 1.82) is 0 Å². The molecule has 0 bridgehead atoms. The average Bonchev–Trinajstić information content (AvgIpc) is 2.82. The molecule has 0 atom stereocenters. The standard InChI is InChI=1S/C16H21N3O3.ClH/c1-2-17-11-12-4-3-5-13(10-12)18-14(20)8-9-19-15(21)6-7-16(19)22;/h3-5,10,17H,2,6-9,11H2,1H3,(H,18,20);1H. The second-order valence-electron chi connectivity index (χ2n) is 5.22. The van der Waals surface area contributed by atoms with Crippen molar-refractivity contribution >= 4 is 35.8 Å². The zero-order valence-electron chi connectivity index (χ0n) is 13.1. The first-order chi connectivity index (χ1) is 10.6. The van der Waals surface area contributed by atoms with Gasteiger partial charge in [-0.05, 0) is 24.2 Å². The van der Waals surface area contributed by atoms with Gasteiger partial charge in [-0.2, -0.15) is 0 Å². The largest absolute Gasteiger partial charge is 0.326 e. The fraction of sp³-hybridized carbons (Fsp3) is 0.438. The van der Waals surface area contributed by atoms with E-state index in [1.165, 1.54) is 4.90 Å². The van der Waals surface area contributed by atoms with E-state index in [9.17, 15) is 14.4 Å². The number of likely N-dealkylation sites (tertiary alicyclic amines) is 1. The molecule has 1 aliphatic heterocycles. The van der Waals surface area contributed by atoms with Crippen LogP contribution in [-0.2, 0) is 20.9 Å². The Morgan fingerprint density at radius 3 is 2.57 bits per heavy atom. The van der Waals surface area contributed by atoms with Gasteiger partial charge in [0.1, 0.15) is 0 Å². The van der Waals surface area contributed by atoms with Crippen molar-refractivity contribution in [2.75, 3.05) is 18.4 Å². The molecule has 1 saturated heterocycles. The smallest absolute Gasteiger partial charge is 0.229 e. The molecule has 0 saturated carbocycles. The van der Waals surface area contributed by atoms with Gasteiger partial charge >= 0.3 is 0 Å². The maximum absolute atomic E-state index is 11.9. The summed E-state index contributed by atoms with van der Waals surface area (Å²) >= 11 is 0. The Balaban J connectivity index is 0.00000264. The summed E-state index contributed by atoms with van der Waals surface area (Å²) in [6, 6.07) is 7.60. The Kier molecular flexibility index (Phi) is 7.71. The Morgan fingerprint density at radius 2 is 1.91 bits per heavy atom. The molecule has 0 spiro atoms. The second-order valence-corrected chi connectivity index (χ2v) is 5.22. The molecule has 0 aromatic heterocycles. The molecule has 3 amide bonds. The molecule has 1 fully saturated rings. The topological polar surface area (TPSA) is 78.5 Å². The van der Waals surface area contributed by atoms with Crippen LogP contribution in [0, 0.1) is 0 Å². The third-order valence-electron chi connectivity index (χ3n) is 3.51. The van der Waals surface area contributed by atoms with Crippen molar-refractivity contribution in [2.45, 2.75) is 32.7 Å². The van der Waals surface area contributed by atoms with Gasteiger partial charge in [-0.1, -0.05) is 19.1 Å². The van der Waals surface area contributed by atoms with Crippen molar-refractivity contribution in [1.82, 2.24) is 10.2 Å². The van der Waals surface area contributed by atoms with E-state index in [2.05, 4.69) is 10.6 Å². The number of benzene rings is 1. The lowest BCUT2D eigenvalue weighted by atomic mass is 10.2. The number of hydrogen-bond donors (Lipinski definition) is 2. The Labute approximate surface area is 142 Å². The highest BCUT2D eigenvalue weighted by Gasteiger charge is 2.28. The van der Waals surface area contributed by atoms with Crippen LogP contribution < -0.4 is 10.6 Å². The van der Waals surface area contributed by atoms with E-state index in [0.717, 1.165) is 24.3 Å². The number of amides is 3. The molecule has 126 valence electrons. The zero-order valence-corrected chi connectivity index (χ0v) is 13.9. The lowest BCUT2D eigenvalue weighted by Gasteiger charge is -2.13. The monoisotopic (exact) mass is 339 g/mol. The normalized spacial score (nSPS) is 13.9. The number of carbonyl (C=O) groups excluding carboxylic acids is 3. The van der Waals surface area contributed by atoms with Crippen molar-refractivity contribution in [3.63, 3.8) is 0 Å². The van der Waals surface area contributed by atoms with Gasteiger partial charge < -0.3 is 10.6 Å². The molecular weight excluding hydrogens is 318 g/mol. The van der Waals surface area contributed by atoms with Crippen LogP contribution in [0.15, 0.2) is 24.3 Å². The van der Waals surface area contributed by atoms with Gasteiger partial charge in [0, 0.05) is 38.0 Å². The maximum Gasteiger partial charge on any atom is 0.229 e. The molecule has 2 N–H and O–H groups in total. The number of carbonyl (C=O) groups is 3. The van der Waals surface area contributed by atoms with Crippen LogP contribution in [0.3, 0.4) is 0 Å². The summed E-state index contributed by atoms with van der Waals surface area (Å²) in [7, 11) is 0. The van der Waals surface area contributed by atoms with Crippen molar-refractivity contribution < 1.29 is 14.4 Å². The van der Waals surface area contributed by atoms with E-state index < -0.39 is 0 Å². The third-order valence-corrected chi connectivity index (χ3v) is 3.51. The molecule has 1 aromatic carbocycles. The van der Waals surface area contributed by atoms with E-state index >= 15 is 0 Å². The van der Waals surface area contributed by atoms with Gasteiger partial charge in [-0.25, -0.2) is 0 Å². The van der Waals surface area contributed by atoms with Crippen LogP contribution in [0.5, 0.6) is 0 Å². The Bertz CT molecular complexity index is 561. The first-order valence-corrected chi connectivity index (χ1v) is 7.53. The molecule has 1 aromatic rings.